The summed E-state index contributed by atoms with van der Waals surface area (Å²) < 4.78 is 67.7. The lowest BCUT2D eigenvalue weighted by atomic mass is 10.2. The van der Waals surface area contributed by atoms with E-state index in [2.05, 4.69) is 9.71 Å². The molecule has 30 heavy (non-hydrogen) atoms. The van der Waals surface area contributed by atoms with E-state index in [0.717, 1.165) is 6.07 Å². The Kier molecular flexibility index (Phi) is 6.64. The van der Waals surface area contributed by atoms with Crippen LogP contribution in [0.1, 0.15) is 21.9 Å². The molecule has 2 aromatic carbocycles. The van der Waals surface area contributed by atoms with Crippen molar-refractivity contribution in [2.75, 3.05) is 6.54 Å². The van der Waals surface area contributed by atoms with Crippen LogP contribution in [0.25, 0.3) is 0 Å². The summed E-state index contributed by atoms with van der Waals surface area (Å²) in [6.07, 6.45) is 2.87. The summed E-state index contributed by atoms with van der Waals surface area (Å²) >= 11 is 0. The van der Waals surface area contributed by atoms with Gasteiger partial charge in [-0.1, -0.05) is 36.4 Å². The third-order valence-electron chi connectivity index (χ3n) is 4.58. The Hall–Kier alpha value is -2.62. The van der Waals surface area contributed by atoms with Crippen molar-refractivity contribution in [2.24, 2.45) is 0 Å². The van der Waals surface area contributed by atoms with Crippen LogP contribution in [0.15, 0.2) is 78.0 Å². The summed E-state index contributed by atoms with van der Waals surface area (Å²) in [4.78, 5) is 3.87. The smallest absolute Gasteiger partial charge is 0.215 e. The van der Waals surface area contributed by atoms with Crippen LogP contribution in [0.5, 0.6) is 0 Å². The zero-order valence-corrected chi connectivity index (χ0v) is 17.8. The molecule has 0 saturated heterocycles. The highest BCUT2D eigenvalue weighted by Gasteiger charge is 2.31. The Morgan fingerprint density at radius 1 is 1.00 bits per heavy atom. The van der Waals surface area contributed by atoms with Gasteiger partial charge in [-0.05, 0) is 47.9 Å². The van der Waals surface area contributed by atoms with Gasteiger partial charge in [0.05, 0.1) is 10.6 Å². The molecule has 0 aliphatic rings. The van der Waals surface area contributed by atoms with Crippen molar-refractivity contribution in [3.8, 4) is 0 Å². The summed E-state index contributed by atoms with van der Waals surface area (Å²) in [5.74, 6) is -0.793. The number of rotatable bonds is 8. The van der Waals surface area contributed by atoms with Crippen molar-refractivity contribution in [2.45, 2.75) is 22.8 Å². The molecule has 9 heteroatoms. The molecule has 0 fully saturated rings. The highest BCUT2D eigenvalue weighted by atomic mass is 32.2. The van der Waals surface area contributed by atoms with Gasteiger partial charge in [0.1, 0.15) is 11.1 Å². The molecule has 0 radical (unpaired) electrons. The molecule has 0 aliphatic heterocycles. The molecule has 3 aromatic rings. The first kappa shape index (κ1) is 22.1. The summed E-state index contributed by atoms with van der Waals surface area (Å²) in [5, 5.41) is -1.22. The van der Waals surface area contributed by atoms with Gasteiger partial charge in [-0.15, -0.1) is 0 Å². The number of nitrogens with zero attached hydrogens (tertiary/aromatic N) is 1. The fourth-order valence-corrected chi connectivity index (χ4v) is 5.97. The number of aromatic nitrogens is 1. The molecule has 0 amide bonds. The minimum absolute atomic E-state index is 0.0856. The van der Waals surface area contributed by atoms with E-state index in [4.69, 9.17) is 0 Å². The van der Waals surface area contributed by atoms with E-state index in [1.54, 1.807) is 42.5 Å². The second kappa shape index (κ2) is 9.03. The molecule has 1 aromatic heterocycles. The molecule has 1 heterocycles. The fraction of sp³-hybridized carbons (Fsp3) is 0.190. The second-order valence-corrected chi connectivity index (χ2v) is 10.8. The Labute approximate surface area is 175 Å². The van der Waals surface area contributed by atoms with Gasteiger partial charge in [-0.3, -0.25) is 4.98 Å². The third kappa shape index (κ3) is 5.29. The number of sulfonamides is 1. The number of hydrogen-bond donors (Lipinski definition) is 1. The molecule has 6 nitrogen and oxygen atoms in total. The molecule has 158 valence electrons. The lowest BCUT2D eigenvalue weighted by Gasteiger charge is -2.19. The van der Waals surface area contributed by atoms with Crippen molar-refractivity contribution in [3.63, 3.8) is 0 Å². The zero-order chi connectivity index (χ0) is 21.8. The van der Waals surface area contributed by atoms with Gasteiger partial charge in [-0.25, -0.2) is 25.9 Å². The van der Waals surface area contributed by atoms with Crippen LogP contribution in [-0.4, -0.2) is 28.4 Å². The van der Waals surface area contributed by atoms with Gasteiger partial charge < -0.3 is 0 Å². The molecule has 0 spiro atoms. The van der Waals surface area contributed by atoms with Gasteiger partial charge in [0.25, 0.3) is 0 Å². The van der Waals surface area contributed by atoms with E-state index in [-0.39, 0.29) is 22.8 Å². The third-order valence-corrected chi connectivity index (χ3v) is 8.00. The van der Waals surface area contributed by atoms with Gasteiger partial charge in [0.15, 0.2) is 9.84 Å². The van der Waals surface area contributed by atoms with Gasteiger partial charge >= 0.3 is 0 Å². The maximum Gasteiger partial charge on any atom is 0.215 e. The number of halogens is 1. The van der Waals surface area contributed by atoms with Crippen molar-refractivity contribution in [1.29, 1.82) is 0 Å². The molecular weight excluding hydrogens is 427 g/mol. The molecule has 3 rings (SSSR count). The second-order valence-electron chi connectivity index (χ2n) is 6.82. The van der Waals surface area contributed by atoms with Gasteiger partial charge in [0.2, 0.25) is 10.0 Å². The normalized spacial score (nSPS) is 13.1. The zero-order valence-electron chi connectivity index (χ0n) is 16.2. The van der Waals surface area contributed by atoms with Crippen LogP contribution in [0.3, 0.4) is 0 Å². The molecular formula is C21H21FN2O4S2. The predicted molar refractivity (Wildman–Crippen MR) is 112 cm³/mol. The van der Waals surface area contributed by atoms with Crippen LogP contribution >= 0.6 is 0 Å². The van der Waals surface area contributed by atoms with Crippen LogP contribution < -0.4 is 4.72 Å². The number of aryl methyl sites for hydroxylation is 1. The van der Waals surface area contributed by atoms with Crippen LogP contribution in [0, 0.1) is 12.7 Å². The summed E-state index contributed by atoms with van der Waals surface area (Å²) in [5.41, 5.74) is 1.10. The number of hydrogen-bond acceptors (Lipinski definition) is 5. The Morgan fingerprint density at radius 2 is 1.73 bits per heavy atom. The fourth-order valence-electron chi connectivity index (χ4n) is 2.98. The van der Waals surface area contributed by atoms with E-state index in [9.17, 15) is 21.2 Å². The highest BCUT2D eigenvalue weighted by molar-refractivity contribution is 7.92. The van der Waals surface area contributed by atoms with E-state index >= 15 is 0 Å². The van der Waals surface area contributed by atoms with Crippen molar-refractivity contribution < 1.29 is 21.2 Å². The van der Waals surface area contributed by atoms with E-state index in [1.165, 1.54) is 31.5 Å². The van der Waals surface area contributed by atoms with Crippen molar-refractivity contribution in [3.05, 3.63) is 95.6 Å². The minimum atomic E-state index is -4.02. The van der Waals surface area contributed by atoms with Crippen LogP contribution in [0.2, 0.25) is 0 Å². The average Bonchev–Trinajstić information content (AvgIpc) is 2.71. The highest BCUT2D eigenvalue weighted by Crippen LogP contribution is 2.29. The van der Waals surface area contributed by atoms with Gasteiger partial charge in [0, 0.05) is 18.9 Å². The van der Waals surface area contributed by atoms with E-state index in [0.29, 0.717) is 11.1 Å². The number of nitrogens with one attached hydrogen (secondary N) is 1. The average molecular weight is 449 g/mol. The number of sulfone groups is 1. The topological polar surface area (TPSA) is 93.2 Å². The Balaban J connectivity index is 1.91. The molecule has 0 bridgehead atoms. The summed E-state index contributed by atoms with van der Waals surface area (Å²) in [6, 6.07) is 15.2. The monoisotopic (exact) mass is 448 g/mol. The predicted octanol–water partition coefficient (Wildman–Crippen LogP) is 3.16. The first-order valence-corrected chi connectivity index (χ1v) is 12.3. The molecule has 1 N–H and O–H groups in total. The number of pyridine rings is 1. The van der Waals surface area contributed by atoms with Crippen LogP contribution in [-0.2, 0) is 25.6 Å². The SMILES string of the molecule is Cc1cc(S(=O)(=O)C(CNS(=O)(=O)Cc2ccccc2)c2cccnc2)ccc1F. The van der Waals surface area contributed by atoms with E-state index < -0.39 is 30.9 Å². The molecule has 0 aliphatic carbocycles. The molecule has 0 saturated carbocycles. The largest absolute Gasteiger partial charge is 0.264 e. The summed E-state index contributed by atoms with van der Waals surface area (Å²) in [6.45, 7) is 1.09. The standard InChI is InChI=1S/C21H21FN2O4S2/c1-16-12-19(9-10-20(16)22)30(27,28)21(18-8-5-11-23-13-18)14-24-29(25,26)15-17-6-3-2-4-7-17/h2-13,21,24H,14-15H2,1H3. The Morgan fingerprint density at radius 3 is 2.37 bits per heavy atom. The van der Waals surface area contributed by atoms with Crippen LogP contribution in [0.4, 0.5) is 4.39 Å². The molecule has 1 atom stereocenters. The maximum absolute atomic E-state index is 13.6. The van der Waals surface area contributed by atoms with Crippen molar-refractivity contribution in [1.82, 2.24) is 9.71 Å². The van der Waals surface area contributed by atoms with Gasteiger partial charge in [-0.2, -0.15) is 0 Å². The molecule has 1 unspecified atom stereocenters. The first-order chi connectivity index (χ1) is 14.2. The lowest BCUT2D eigenvalue weighted by molar-refractivity contribution is 0.567. The minimum Gasteiger partial charge on any atom is -0.264 e. The lowest BCUT2D eigenvalue weighted by Crippen LogP contribution is -2.32. The summed E-state index contributed by atoms with van der Waals surface area (Å²) in [7, 11) is -7.81. The van der Waals surface area contributed by atoms with E-state index in [1.807, 2.05) is 0 Å². The Bertz CT molecular complexity index is 1220. The number of benzene rings is 2. The quantitative estimate of drug-likeness (QED) is 0.535. The maximum atomic E-state index is 13.6. The first-order valence-electron chi connectivity index (χ1n) is 9.10. The van der Waals surface area contributed by atoms with Crippen molar-refractivity contribution >= 4 is 19.9 Å².